The minimum atomic E-state index is -0.197. The van der Waals surface area contributed by atoms with Crippen molar-refractivity contribution in [2.24, 2.45) is 17.8 Å². The number of nitrogens with one attached hydrogen (secondary N) is 1. The Morgan fingerprint density at radius 3 is 2.68 bits per heavy atom. The van der Waals surface area contributed by atoms with E-state index in [0.717, 1.165) is 0 Å². The number of amides is 1. The molecule has 1 saturated carbocycles. The van der Waals surface area contributed by atoms with E-state index in [2.05, 4.69) is 22.5 Å². The summed E-state index contributed by atoms with van der Waals surface area (Å²) in [5, 5.41) is 3.46. The summed E-state index contributed by atoms with van der Waals surface area (Å²) < 4.78 is 12.0. The first-order valence-corrected chi connectivity index (χ1v) is 9.65. The summed E-state index contributed by atoms with van der Waals surface area (Å²) in [6.07, 6.45) is 8.70. The predicted octanol–water partition coefficient (Wildman–Crippen LogP) is 2.13. The number of fused-ring (bicyclic) bond motifs is 3. The zero-order chi connectivity index (χ0) is 19.7. The normalized spacial score (nSPS) is 22.6. The average Bonchev–Trinajstić information content (AvgIpc) is 3.34. The second kappa shape index (κ2) is 7.66. The molecule has 1 aromatic carbocycles. The van der Waals surface area contributed by atoms with Crippen LogP contribution >= 0.6 is 0 Å². The number of methoxy groups -OCH3 is 2. The largest absolute Gasteiger partial charge is 0.493 e. The molecule has 4 rings (SSSR count). The average molecular weight is 383 g/mol. The van der Waals surface area contributed by atoms with Gasteiger partial charge >= 0.3 is 0 Å². The second-order valence-electron chi connectivity index (χ2n) is 7.56. The first-order chi connectivity index (χ1) is 13.6. The van der Waals surface area contributed by atoms with Gasteiger partial charge in [0.1, 0.15) is 0 Å². The Hall–Kier alpha value is -2.83. The Bertz CT molecular complexity index is 982. The van der Waals surface area contributed by atoms with Crippen LogP contribution in [0.3, 0.4) is 0 Å². The van der Waals surface area contributed by atoms with Gasteiger partial charge in [0.15, 0.2) is 11.5 Å². The molecule has 1 N–H and O–H groups in total. The van der Waals surface area contributed by atoms with Crippen LogP contribution in [-0.4, -0.2) is 36.2 Å². The van der Waals surface area contributed by atoms with Gasteiger partial charge in [-0.25, -0.2) is 4.98 Å². The zero-order valence-electron chi connectivity index (χ0n) is 16.2. The number of aromatic nitrogens is 2. The Morgan fingerprint density at radius 2 is 2.00 bits per heavy atom. The van der Waals surface area contributed by atoms with Gasteiger partial charge in [0, 0.05) is 25.6 Å². The third kappa shape index (κ3) is 3.48. The molecule has 0 aliphatic heterocycles. The van der Waals surface area contributed by atoms with Crippen molar-refractivity contribution in [2.45, 2.75) is 25.8 Å². The van der Waals surface area contributed by atoms with Crippen molar-refractivity contribution in [1.29, 1.82) is 0 Å². The van der Waals surface area contributed by atoms with Crippen LogP contribution in [0.15, 0.2) is 35.4 Å². The van der Waals surface area contributed by atoms with Crippen molar-refractivity contribution >= 4 is 16.8 Å². The lowest BCUT2D eigenvalue weighted by atomic mass is 9.93. The van der Waals surface area contributed by atoms with E-state index in [0.29, 0.717) is 53.2 Å². The highest BCUT2D eigenvalue weighted by atomic mass is 16.5. The van der Waals surface area contributed by atoms with Gasteiger partial charge in [-0.2, -0.15) is 0 Å². The molecule has 1 amide bonds. The monoisotopic (exact) mass is 383 g/mol. The van der Waals surface area contributed by atoms with E-state index in [1.807, 2.05) is 0 Å². The van der Waals surface area contributed by atoms with Crippen LogP contribution in [0.5, 0.6) is 11.5 Å². The summed E-state index contributed by atoms with van der Waals surface area (Å²) in [5.74, 6) is 2.82. The van der Waals surface area contributed by atoms with E-state index in [1.165, 1.54) is 38.0 Å². The number of benzene rings is 1. The standard InChI is InChI=1S/C21H25N3O4/c1-27-18-9-16-17(10-19(18)28-2)23-12-24(21(16)26)6-5-20(25)22-11-15-8-13-3-4-14(15)7-13/h3-4,9-10,12-15H,5-8,11H2,1-2H3,(H,22,25)/t13-,14+,15-/m1/s1. The van der Waals surface area contributed by atoms with Crippen LogP contribution in [0.25, 0.3) is 10.9 Å². The second-order valence-corrected chi connectivity index (χ2v) is 7.56. The molecule has 2 aliphatic rings. The lowest BCUT2D eigenvalue weighted by Crippen LogP contribution is -2.32. The summed E-state index contributed by atoms with van der Waals surface area (Å²) >= 11 is 0. The molecule has 0 radical (unpaired) electrons. The lowest BCUT2D eigenvalue weighted by Gasteiger charge is -2.18. The SMILES string of the molecule is COc1cc2ncn(CCC(=O)NC[C@H]3C[C@@H]4C=C[C@H]3C4)c(=O)c2cc1OC. The number of aryl methyl sites for hydroxylation is 1. The van der Waals surface area contributed by atoms with Crippen molar-refractivity contribution in [1.82, 2.24) is 14.9 Å². The molecule has 0 saturated heterocycles. The van der Waals surface area contributed by atoms with Crippen LogP contribution in [0, 0.1) is 17.8 Å². The van der Waals surface area contributed by atoms with E-state index >= 15 is 0 Å². The molecular formula is C21H25N3O4. The van der Waals surface area contributed by atoms with E-state index in [1.54, 1.807) is 12.1 Å². The Labute approximate surface area is 163 Å². The molecule has 2 aromatic rings. The first-order valence-electron chi connectivity index (χ1n) is 9.65. The number of allylic oxidation sites excluding steroid dienone is 2. The lowest BCUT2D eigenvalue weighted by molar-refractivity contribution is -0.121. The number of hydrogen-bond acceptors (Lipinski definition) is 5. The number of carbonyl (C=O) groups excluding carboxylic acids is 1. The molecule has 1 heterocycles. The fourth-order valence-electron chi connectivity index (χ4n) is 4.33. The van der Waals surface area contributed by atoms with Gasteiger partial charge in [-0.15, -0.1) is 0 Å². The third-order valence-electron chi connectivity index (χ3n) is 5.89. The molecule has 148 valence electrons. The molecule has 7 heteroatoms. The molecule has 2 bridgehead atoms. The van der Waals surface area contributed by atoms with Gasteiger partial charge in [0.2, 0.25) is 5.91 Å². The van der Waals surface area contributed by atoms with E-state index in [4.69, 9.17) is 9.47 Å². The zero-order valence-corrected chi connectivity index (χ0v) is 16.2. The van der Waals surface area contributed by atoms with Gasteiger partial charge in [0.05, 0.1) is 31.4 Å². The Morgan fingerprint density at radius 1 is 1.21 bits per heavy atom. The molecule has 0 spiro atoms. The van der Waals surface area contributed by atoms with Crippen LogP contribution < -0.4 is 20.3 Å². The van der Waals surface area contributed by atoms with Crippen molar-refractivity contribution in [3.05, 3.63) is 41.0 Å². The van der Waals surface area contributed by atoms with E-state index < -0.39 is 0 Å². The Balaban J connectivity index is 1.40. The summed E-state index contributed by atoms with van der Waals surface area (Å²) in [7, 11) is 3.06. The van der Waals surface area contributed by atoms with Gasteiger partial charge < -0.3 is 14.8 Å². The topological polar surface area (TPSA) is 82.5 Å². The number of rotatable bonds is 7. The number of ether oxygens (including phenoxy) is 2. The van der Waals surface area contributed by atoms with Crippen molar-refractivity contribution in [3.8, 4) is 11.5 Å². The molecule has 7 nitrogen and oxygen atoms in total. The minimum absolute atomic E-state index is 0.0361. The number of hydrogen-bond donors (Lipinski definition) is 1. The summed E-state index contributed by atoms with van der Waals surface area (Å²) in [6, 6.07) is 3.30. The molecule has 28 heavy (non-hydrogen) atoms. The maximum atomic E-state index is 12.7. The quantitative estimate of drug-likeness (QED) is 0.741. The minimum Gasteiger partial charge on any atom is -0.493 e. The smallest absolute Gasteiger partial charge is 0.261 e. The highest BCUT2D eigenvalue weighted by molar-refractivity contribution is 5.81. The van der Waals surface area contributed by atoms with Crippen molar-refractivity contribution in [3.63, 3.8) is 0 Å². The van der Waals surface area contributed by atoms with Crippen molar-refractivity contribution in [2.75, 3.05) is 20.8 Å². The molecule has 2 aliphatic carbocycles. The van der Waals surface area contributed by atoms with E-state index in [-0.39, 0.29) is 17.9 Å². The maximum absolute atomic E-state index is 12.7. The van der Waals surface area contributed by atoms with Crippen LogP contribution in [0.2, 0.25) is 0 Å². The maximum Gasteiger partial charge on any atom is 0.261 e. The fraction of sp³-hybridized carbons (Fsp3) is 0.476. The van der Waals surface area contributed by atoms with Crippen LogP contribution in [-0.2, 0) is 11.3 Å². The highest BCUT2D eigenvalue weighted by Crippen LogP contribution is 2.42. The van der Waals surface area contributed by atoms with Gasteiger partial charge in [-0.1, -0.05) is 12.2 Å². The number of nitrogens with zero attached hydrogens (tertiary/aromatic N) is 2. The molecule has 1 fully saturated rings. The van der Waals surface area contributed by atoms with E-state index in [9.17, 15) is 9.59 Å². The summed E-state index contributed by atoms with van der Waals surface area (Å²) in [5.41, 5.74) is 0.338. The molecule has 0 unspecified atom stereocenters. The summed E-state index contributed by atoms with van der Waals surface area (Å²) in [6.45, 7) is 1.00. The third-order valence-corrected chi connectivity index (χ3v) is 5.89. The number of carbonyl (C=O) groups is 1. The van der Waals surface area contributed by atoms with Crippen LogP contribution in [0.1, 0.15) is 19.3 Å². The van der Waals surface area contributed by atoms with Crippen LogP contribution in [0.4, 0.5) is 0 Å². The molecule has 3 atom stereocenters. The molecular weight excluding hydrogens is 358 g/mol. The predicted molar refractivity (Wildman–Crippen MR) is 106 cm³/mol. The van der Waals surface area contributed by atoms with Gasteiger partial charge in [-0.05, 0) is 36.7 Å². The molecule has 1 aromatic heterocycles. The highest BCUT2D eigenvalue weighted by Gasteiger charge is 2.35. The van der Waals surface area contributed by atoms with Gasteiger partial charge in [-0.3, -0.25) is 14.2 Å². The fourth-order valence-corrected chi connectivity index (χ4v) is 4.33. The Kier molecular flexibility index (Phi) is 5.07. The van der Waals surface area contributed by atoms with Gasteiger partial charge in [0.25, 0.3) is 5.56 Å². The summed E-state index contributed by atoms with van der Waals surface area (Å²) in [4.78, 5) is 29.3. The van der Waals surface area contributed by atoms with Crippen molar-refractivity contribution < 1.29 is 14.3 Å². The first kappa shape index (κ1) is 18.5.